The average molecular weight is 331 g/mol. The first-order valence-corrected chi connectivity index (χ1v) is 8.27. The van der Waals surface area contributed by atoms with Gasteiger partial charge in [-0.1, -0.05) is 18.2 Å². The van der Waals surface area contributed by atoms with Gasteiger partial charge in [0.15, 0.2) is 0 Å². The predicted molar refractivity (Wildman–Crippen MR) is 96.3 cm³/mol. The van der Waals surface area contributed by atoms with E-state index in [1.807, 2.05) is 37.4 Å². The fourth-order valence-electron chi connectivity index (χ4n) is 2.69. The Kier molecular flexibility index (Phi) is 3.52. The first-order valence-electron chi connectivity index (χ1n) is 7.46. The van der Waals surface area contributed by atoms with Crippen LogP contribution in [0, 0.1) is 18.3 Å². The molecule has 0 atom stereocenters. The van der Waals surface area contributed by atoms with E-state index in [1.165, 1.54) is 11.3 Å². The van der Waals surface area contributed by atoms with Crippen LogP contribution in [-0.2, 0) is 0 Å². The van der Waals surface area contributed by atoms with E-state index in [9.17, 15) is 5.26 Å². The number of aromatic nitrogens is 2. The highest BCUT2D eigenvalue weighted by Crippen LogP contribution is 2.35. The molecule has 0 spiro atoms. The molecule has 0 bridgehead atoms. The first kappa shape index (κ1) is 14.5. The van der Waals surface area contributed by atoms with Gasteiger partial charge in [0.05, 0.1) is 17.5 Å². The van der Waals surface area contributed by atoms with Crippen LogP contribution in [0.4, 0.5) is 0 Å². The summed E-state index contributed by atoms with van der Waals surface area (Å²) in [5, 5.41) is 11.3. The Bertz CT molecular complexity index is 1080. The molecular formula is C19H13N3OS. The molecule has 3 heterocycles. The van der Waals surface area contributed by atoms with Gasteiger partial charge in [-0.05, 0) is 25.1 Å². The highest BCUT2D eigenvalue weighted by atomic mass is 32.1. The minimum absolute atomic E-state index is 0.504. The number of para-hydroxylation sites is 1. The molecule has 4 nitrogen and oxygen atoms in total. The van der Waals surface area contributed by atoms with Crippen LogP contribution in [0.2, 0.25) is 0 Å². The van der Waals surface area contributed by atoms with Gasteiger partial charge in [0, 0.05) is 33.6 Å². The van der Waals surface area contributed by atoms with Gasteiger partial charge < -0.3 is 9.40 Å². The Morgan fingerprint density at radius 3 is 2.96 bits per heavy atom. The van der Waals surface area contributed by atoms with Crippen LogP contribution in [-0.4, -0.2) is 9.97 Å². The van der Waals surface area contributed by atoms with Crippen LogP contribution < -0.4 is 0 Å². The number of thiazole rings is 1. The average Bonchev–Trinajstić information content (AvgIpc) is 3.32. The van der Waals surface area contributed by atoms with Crippen molar-refractivity contribution in [2.75, 3.05) is 0 Å². The summed E-state index contributed by atoms with van der Waals surface area (Å²) >= 11 is 1.52. The summed E-state index contributed by atoms with van der Waals surface area (Å²) in [5.74, 6) is 0.646. The lowest BCUT2D eigenvalue weighted by Crippen LogP contribution is -1.82. The van der Waals surface area contributed by atoms with Crippen molar-refractivity contribution < 1.29 is 4.42 Å². The summed E-state index contributed by atoms with van der Waals surface area (Å²) in [4.78, 5) is 9.07. The van der Waals surface area contributed by atoms with Gasteiger partial charge in [-0.25, -0.2) is 4.98 Å². The number of rotatable bonds is 3. The molecule has 24 heavy (non-hydrogen) atoms. The standard InChI is InChI=1S/C19H13N3OS/c1-12-18(16-11-21-17-7-3-2-6-15(16)17)22-19(24-12)13(10-20)9-14-5-4-8-23-14/h2-9,11,21H,1H3/b13-9+. The Hall–Kier alpha value is -3.10. The maximum Gasteiger partial charge on any atom is 0.135 e. The number of fused-ring (bicyclic) bond motifs is 1. The highest BCUT2D eigenvalue weighted by molar-refractivity contribution is 7.13. The second-order valence-electron chi connectivity index (χ2n) is 5.36. The molecule has 0 radical (unpaired) electrons. The third kappa shape index (κ3) is 2.43. The topological polar surface area (TPSA) is 65.6 Å². The second-order valence-corrected chi connectivity index (χ2v) is 6.56. The van der Waals surface area contributed by atoms with Crippen LogP contribution in [0.5, 0.6) is 0 Å². The smallest absolute Gasteiger partial charge is 0.135 e. The Morgan fingerprint density at radius 2 is 2.17 bits per heavy atom. The Morgan fingerprint density at radius 1 is 1.29 bits per heavy atom. The van der Waals surface area contributed by atoms with E-state index in [4.69, 9.17) is 9.40 Å². The van der Waals surface area contributed by atoms with E-state index in [2.05, 4.69) is 17.1 Å². The summed E-state index contributed by atoms with van der Waals surface area (Å²) in [6, 6.07) is 14.0. The van der Waals surface area contributed by atoms with Crippen molar-refractivity contribution in [2.45, 2.75) is 6.92 Å². The third-order valence-electron chi connectivity index (χ3n) is 3.82. The van der Waals surface area contributed by atoms with E-state index >= 15 is 0 Å². The molecule has 3 aromatic heterocycles. The molecule has 0 unspecified atom stereocenters. The molecule has 5 heteroatoms. The number of hydrogen-bond donors (Lipinski definition) is 1. The first-order chi connectivity index (χ1) is 11.8. The highest BCUT2D eigenvalue weighted by Gasteiger charge is 2.16. The fraction of sp³-hybridized carbons (Fsp3) is 0.0526. The molecule has 0 saturated carbocycles. The van der Waals surface area contributed by atoms with Crippen molar-refractivity contribution in [2.24, 2.45) is 0 Å². The molecular weight excluding hydrogens is 318 g/mol. The molecule has 0 aliphatic carbocycles. The molecule has 1 aromatic carbocycles. The maximum absolute atomic E-state index is 9.48. The molecule has 4 aromatic rings. The largest absolute Gasteiger partial charge is 0.465 e. The van der Waals surface area contributed by atoms with Gasteiger partial charge in [0.2, 0.25) is 0 Å². The zero-order chi connectivity index (χ0) is 16.5. The van der Waals surface area contributed by atoms with E-state index in [1.54, 1.807) is 18.4 Å². The predicted octanol–water partition coefficient (Wildman–Crippen LogP) is 5.26. The van der Waals surface area contributed by atoms with Crippen LogP contribution in [0.25, 0.3) is 33.8 Å². The van der Waals surface area contributed by atoms with Gasteiger partial charge in [0.25, 0.3) is 0 Å². The monoisotopic (exact) mass is 331 g/mol. The molecule has 0 aliphatic rings. The molecule has 4 rings (SSSR count). The Balaban J connectivity index is 1.82. The van der Waals surface area contributed by atoms with Crippen molar-refractivity contribution >= 4 is 33.9 Å². The zero-order valence-electron chi connectivity index (χ0n) is 12.9. The van der Waals surface area contributed by atoms with E-state index < -0.39 is 0 Å². The fourth-order valence-corrected chi connectivity index (χ4v) is 3.58. The maximum atomic E-state index is 9.48. The van der Waals surface area contributed by atoms with Crippen LogP contribution in [0.1, 0.15) is 15.6 Å². The number of benzene rings is 1. The van der Waals surface area contributed by atoms with Crippen molar-refractivity contribution in [1.29, 1.82) is 5.26 Å². The van der Waals surface area contributed by atoms with E-state index in [0.717, 1.165) is 27.0 Å². The van der Waals surface area contributed by atoms with E-state index in [0.29, 0.717) is 16.3 Å². The molecule has 0 fully saturated rings. The number of furan rings is 1. The SMILES string of the molecule is Cc1sc(/C(C#N)=C/c2ccco2)nc1-c1c[nH]c2ccccc12. The van der Waals surface area contributed by atoms with Crippen LogP contribution in [0.3, 0.4) is 0 Å². The summed E-state index contributed by atoms with van der Waals surface area (Å²) in [6.07, 6.45) is 5.28. The van der Waals surface area contributed by atoms with E-state index in [-0.39, 0.29) is 0 Å². The molecule has 0 amide bonds. The van der Waals surface area contributed by atoms with Gasteiger partial charge in [-0.3, -0.25) is 0 Å². The minimum Gasteiger partial charge on any atom is -0.465 e. The molecule has 116 valence electrons. The third-order valence-corrected chi connectivity index (χ3v) is 4.83. The van der Waals surface area contributed by atoms with Crippen molar-refractivity contribution in [3.63, 3.8) is 0 Å². The number of hydrogen-bond acceptors (Lipinski definition) is 4. The van der Waals surface area contributed by atoms with Gasteiger partial charge >= 0.3 is 0 Å². The zero-order valence-corrected chi connectivity index (χ0v) is 13.7. The molecule has 1 N–H and O–H groups in total. The number of allylic oxidation sites excluding steroid dienone is 1. The summed E-state index contributed by atoms with van der Waals surface area (Å²) in [5.41, 5.74) is 3.55. The second kappa shape index (κ2) is 5.84. The number of aryl methyl sites for hydroxylation is 1. The number of nitrogens with one attached hydrogen (secondary N) is 1. The van der Waals surface area contributed by atoms with Crippen molar-refractivity contribution in [1.82, 2.24) is 9.97 Å². The number of aromatic amines is 1. The number of nitriles is 1. The van der Waals surface area contributed by atoms with Crippen molar-refractivity contribution in [3.05, 3.63) is 64.5 Å². The summed E-state index contributed by atoms with van der Waals surface area (Å²) in [6.45, 7) is 2.03. The lowest BCUT2D eigenvalue weighted by molar-refractivity contribution is 0.557. The summed E-state index contributed by atoms with van der Waals surface area (Å²) in [7, 11) is 0. The van der Waals surface area contributed by atoms with Crippen molar-refractivity contribution in [3.8, 4) is 17.3 Å². The summed E-state index contributed by atoms with van der Waals surface area (Å²) < 4.78 is 5.30. The van der Waals surface area contributed by atoms with Gasteiger partial charge in [-0.2, -0.15) is 5.26 Å². The Labute approximate surface area is 142 Å². The van der Waals surface area contributed by atoms with Crippen LogP contribution in [0.15, 0.2) is 53.3 Å². The van der Waals surface area contributed by atoms with Gasteiger partial charge in [-0.15, -0.1) is 11.3 Å². The molecule has 0 aliphatic heterocycles. The minimum atomic E-state index is 0.504. The lowest BCUT2D eigenvalue weighted by atomic mass is 10.1. The normalized spacial score (nSPS) is 11.8. The quantitative estimate of drug-likeness (QED) is 0.521. The van der Waals surface area contributed by atoms with Crippen LogP contribution >= 0.6 is 11.3 Å². The number of nitrogens with zero attached hydrogens (tertiary/aromatic N) is 2. The number of H-pyrrole nitrogens is 1. The van der Waals surface area contributed by atoms with Gasteiger partial charge in [0.1, 0.15) is 16.8 Å². The molecule has 0 saturated heterocycles. The lowest BCUT2D eigenvalue weighted by Gasteiger charge is -1.96.